The average Bonchev–Trinajstić information content (AvgIpc) is 2.14. The average molecular weight is 233 g/mol. The molecule has 0 saturated heterocycles. The number of nitrogens with one attached hydrogen (secondary N) is 1. The van der Waals surface area contributed by atoms with E-state index >= 15 is 0 Å². The van der Waals surface area contributed by atoms with E-state index in [0.29, 0.717) is 13.0 Å². The molecule has 0 aliphatic heterocycles. The maximum absolute atomic E-state index is 11.5. The van der Waals surface area contributed by atoms with Crippen LogP contribution in [0.25, 0.3) is 0 Å². The van der Waals surface area contributed by atoms with E-state index in [1.807, 2.05) is 20.8 Å². The Labute approximate surface area is 97.1 Å². The lowest BCUT2D eigenvalue weighted by Crippen LogP contribution is -2.41. The summed E-state index contributed by atoms with van der Waals surface area (Å²) in [7, 11) is 1.56. The van der Waals surface area contributed by atoms with Gasteiger partial charge in [-0.2, -0.15) is 0 Å². The van der Waals surface area contributed by atoms with E-state index in [0.717, 1.165) is 0 Å². The summed E-state index contributed by atoms with van der Waals surface area (Å²) in [5, 5.41) is 11.5. The van der Waals surface area contributed by atoms with Crippen molar-refractivity contribution in [3.8, 4) is 0 Å². The second-order valence-electron chi connectivity index (χ2n) is 4.63. The molecule has 0 fully saturated rings. The van der Waals surface area contributed by atoms with Gasteiger partial charge in [-0.25, -0.2) is 0 Å². The Kier molecular flexibility index (Phi) is 7.29. The highest BCUT2D eigenvalue weighted by Gasteiger charge is 2.15. The molecule has 5 nitrogen and oxygen atoms in total. The molecule has 0 aliphatic carbocycles. The predicted molar refractivity (Wildman–Crippen MR) is 61.2 cm³/mol. The number of methoxy groups -OCH3 is 1. The van der Waals surface area contributed by atoms with Crippen LogP contribution in [0.2, 0.25) is 0 Å². The molecule has 0 saturated carbocycles. The molecule has 1 unspecified atom stereocenters. The molecule has 1 atom stereocenters. The smallest absolute Gasteiger partial charge is 0.246 e. The maximum Gasteiger partial charge on any atom is 0.246 e. The molecule has 0 aromatic carbocycles. The van der Waals surface area contributed by atoms with Crippen molar-refractivity contribution < 1.29 is 19.4 Å². The normalized spacial score (nSPS) is 13.6. The van der Waals surface area contributed by atoms with Gasteiger partial charge in [-0.05, 0) is 27.2 Å². The number of carbonyl (C=O) groups is 1. The minimum absolute atomic E-state index is 0.0223. The highest BCUT2D eigenvalue weighted by atomic mass is 16.5. The molecule has 0 bridgehead atoms. The molecular formula is C11H23NO4. The number of hydrogen-bond donors (Lipinski definition) is 2. The van der Waals surface area contributed by atoms with Crippen LogP contribution in [0.5, 0.6) is 0 Å². The molecule has 16 heavy (non-hydrogen) atoms. The van der Waals surface area contributed by atoms with Gasteiger partial charge >= 0.3 is 0 Å². The monoisotopic (exact) mass is 233 g/mol. The number of carbonyl (C=O) groups excluding carboxylic acids is 1. The molecule has 2 N–H and O–H groups in total. The van der Waals surface area contributed by atoms with Gasteiger partial charge in [-0.15, -0.1) is 0 Å². The lowest BCUT2D eigenvalue weighted by molar-refractivity contribution is -0.131. The van der Waals surface area contributed by atoms with Gasteiger partial charge in [-0.1, -0.05) is 0 Å². The topological polar surface area (TPSA) is 67.8 Å². The van der Waals surface area contributed by atoms with Crippen molar-refractivity contribution in [1.82, 2.24) is 5.32 Å². The third-order valence-electron chi connectivity index (χ3n) is 1.85. The summed E-state index contributed by atoms with van der Waals surface area (Å²) in [6, 6.07) is -0.161. The summed E-state index contributed by atoms with van der Waals surface area (Å²) >= 11 is 0. The largest absolute Gasteiger partial charge is 0.396 e. The van der Waals surface area contributed by atoms with Crippen LogP contribution in [-0.4, -0.2) is 49.6 Å². The van der Waals surface area contributed by atoms with E-state index in [-0.39, 0.29) is 30.8 Å². The third-order valence-corrected chi connectivity index (χ3v) is 1.85. The summed E-state index contributed by atoms with van der Waals surface area (Å²) in [6.07, 6.45) is 0.481. The first-order chi connectivity index (χ1) is 7.39. The first kappa shape index (κ1) is 15.3. The summed E-state index contributed by atoms with van der Waals surface area (Å²) < 4.78 is 10.3. The Bertz CT molecular complexity index is 195. The van der Waals surface area contributed by atoms with Crippen molar-refractivity contribution in [2.45, 2.75) is 38.8 Å². The Balaban J connectivity index is 3.90. The molecule has 0 radical (unpaired) electrons. The molecule has 0 aromatic rings. The van der Waals surface area contributed by atoms with E-state index in [2.05, 4.69) is 5.32 Å². The fourth-order valence-corrected chi connectivity index (χ4v) is 1.11. The van der Waals surface area contributed by atoms with Crippen molar-refractivity contribution in [1.29, 1.82) is 0 Å². The standard InChI is InChI=1S/C11H23NO4/c1-11(2,3)16-8-10(14)12-9(5-6-13)7-15-4/h9,13H,5-8H2,1-4H3,(H,12,14). The SMILES string of the molecule is COCC(CCO)NC(=O)COC(C)(C)C. The van der Waals surface area contributed by atoms with Gasteiger partial charge in [0.15, 0.2) is 0 Å². The third kappa shape index (κ3) is 8.64. The van der Waals surface area contributed by atoms with E-state index in [1.165, 1.54) is 0 Å². The van der Waals surface area contributed by atoms with Gasteiger partial charge in [0.1, 0.15) is 6.61 Å². The summed E-state index contributed by atoms with van der Waals surface area (Å²) in [5.74, 6) is -0.189. The number of aliphatic hydroxyl groups excluding tert-OH is 1. The van der Waals surface area contributed by atoms with Gasteiger partial charge < -0.3 is 19.9 Å². The predicted octanol–water partition coefficient (Wildman–Crippen LogP) is 0.315. The lowest BCUT2D eigenvalue weighted by Gasteiger charge is -2.21. The second-order valence-corrected chi connectivity index (χ2v) is 4.63. The summed E-state index contributed by atoms with van der Waals surface area (Å²) in [6.45, 7) is 6.10. The fourth-order valence-electron chi connectivity index (χ4n) is 1.11. The number of amides is 1. The zero-order chi connectivity index (χ0) is 12.6. The minimum Gasteiger partial charge on any atom is -0.396 e. The van der Waals surface area contributed by atoms with Crippen molar-refractivity contribution in [3.05, 3.63) is 0 Å². The quantitative estimate of drug-likeness (QED) is 0.664. The molecule has 0 rings (SSSR count). The fraction of sp³-hybridized carbons (Fsp3) is 0.909. The van der Waals surface area contributed by atoms with Crippen molar-refractivity contribution in [2.24, 2.45) is 0 Å². The van der Waals surface area contributed by atoms with Crippen LogP contribution in [0.15, 0.2) is 0 Å². The van der Waals surface area contributed by atoms with E-state index in [4.69, 9.17) is 14.6 Å². The van der Waals surface area contributed by atoms with E-state index in [1.54, 1.807) is 7.11 Å². The first-order valence-electron chi connectivity index (χ1n) is 5.42. The minimum atomic E-state index is -0.328. The van der Waals surface area contributed by atoms with Gasteiger partial charge in [0, 0.05) is 13.7 Å². The number of rotatable bonds is 7. The van der Waals surface area contributed by atoms with E-state index in [9.17, 15) is 4.79 Å². The van der Waals surface area contributed by atoms with Crippen molar-refractivity contribution in [3.63, 3.8) is 0 Å². The Morgan fingerprint density at radius 1 is 1.44 bits per heavy atom. The van der Waals surface area contributed by atoms with E-state index < -0.39 is 0 Å². The molecular weight excluding hydrogens is 210 g/mol. The van der Waals surface area contributed by atoms with Crippen LogP contribution in [-0.2, 0) is 14.3 Å². The van der Waals surface area contributed by atoms with Gasteiger partial charge in [0.2, 0.25) is 5.91 Å². The van der Waals surface area contributed by atoms with Gasteiger partial charge in [-0.3, -0.25) is 4.79 Å². The molecule has 96 valence electrons. The van der Waals surface area contributed by atoms with Crippen LogP contribution >= 0.6 is 0 Å². The summed E-state index contributed by atoms with van der Waals surface area (Å²) in [5.41, 5.74) is -0.328. The van der Waals surface area contributed by atoms with Crippen LogP contribution < -0.4 is 5.32 Å². The number of hydrogen-bond acceptors (Lipinski definition) is 4. The lowest BCUT2D eigenvalue weighted by atomic mass is 10.2. The Morgan fingerprint density at radius 2 is 2.06 bits per heavy atom. The molecule has 0 spiro atoms. The molecule has 0 aromatic heterocycles. The van der Waals surface area contributed by atoms with Crippen molar-refractivity contribution >= 4 is 5.91 Å². The molecule has 0 aliphatic rings. The molecule has 1 amide bonds. The number of ether oxygens (including phenoxy) is 2. The first-order valence-corrected chi connectivity index (χ1v) is 5.42. The summed E-state index contributed by atoms with van der Waals surface area (Å²) in [4.78, 5) is 11.5. The highest BCUT2D eigenvalue weighted by molar-refractivity contribution is 5.77. The number of aliphatic hydroxyl groups is 1. The second kappa shape index (κ2) is 7.60. The Hall–Kier alpha value is -0.650. The zero-order valence-corrected chi connectivity index (χ0v) is 10.6. The van der Waals surface area contributed by atoms with Crippen LogP contribution in [0, 0.1) is 0 Å². The Morgan fingerprint density at radius 3 is 2.50 bits per heavy atom. The van der Waals surface area contributed by atoms with Crippen LogP contribution in [0.1, 0.15) is 27.2 Å². The van der Waals surface area contributed by atoms with Crippen LogP contribution in [0.3, 0.4) is 0 Å². The van der Waals surface area contributed by atoms with Gasteiger partial charge in [0.25, 0.3) is 0 Å². The zero-order valence-electron chi connectivity index (χ0n) is 10.6. The maximum atomic E-state index is 11.5. The van der Waals surface area contributed by atoms with Gasteiger partial charge in [0.05, 0.1) is 18.2 Å². The molecule has 0 heterocycles. The van der Waals surface area contributed by atoms with Crippen LogP contribution in [0.4, 0.5) is 0 Å². The molecule has 5 heteroatoms. The highest BCUT2D eigenvalue weighted by Crippen LogP contribution is 2.05. The van der Waals surface area contributed by atoms with Crippen molar-refractivity contribution in [2.75, 3.05) is 26.9 Å².